The highest BCUT2D eigenvalue weighted by Crippen LogP contribution is 2.42. The molecule has 0 radical (unpaired) electrons. The Kier molecular flexibility index (Phi) is 6.65. The molecular formula is C24H27NO5S. The van der Waals surface area contributed by atoms with E-state index in [0.717, 1.165) is 32.7 Å². The number of amides is 1. The smallest absolute Gasteiger partial charge is 0.341 e. The van der Waals surface area contributed by atoms with E-state index in [1.54, 1.807) is 0 Å². The van der Waals surface area contributed by atoms with E-state index in [4.69, 9.17) is 4.74 Å². The van der Waals surface area contributed by atoms with Crippen molar-refractivity contribution >= 4 is 34.2 Å². The second-order valence-corrected chi connectivity index (χ2v) is 9.33. The number of aryl methyl sites for hydroxylation is 2. The maximum absolute atomic E-state index is 13.2. The van der Waals surface area contributed by atoms with Crippen LogP contribution in [-0.4, -0.2) is 30.1 Å². The molecule has 0 bridgehead atoms. The van der Waals surface area contributed by atoms with Crippen LogP contribution >= 0.6 is 11.3 Å². The molecule has 1 heterocycles. The molecule has 0 spiro atoms. The first-order chi connectivity index (χ1) is 14.6. The fraction of sp³-hybridized carbons (Fsp3) is 0.375. The van der Waals surface area contributed by atoms with E-state index in [1.807, 2.05) is 52.0 Å². The van der Waals surface area contributed by atoms with Gasteiger partial charge in [0.2, 0.25) is 5.91 Å². The van der Waals surface area contributed by atoms with Gasteiger partial charge in [-0.25, -0.2) is 4.79 Å². The molecule has 2 N–H and O–H groups in total. The Labute approximate surface area is 185 Å². The van der Waals surface area contributed by atoms with Crippen molar-refractivity contribution in [2.24, 2.45) is 11.8 Å². The molecule has 0 saturated carbocycles. The standard InChI is InChI=1S/C24H27NO5S/c1-12-6-8-16(9-7-12)19-15(4)31-22(20(19)24(29)30-5)25-21(26)17-10-13(2)14(3)11-18(17)23(27)28/h6-9,17-18H,10-11H2,1-5H3,(H,25,26)(H,27,28). The Morgan fingerprint density at radius 3 is 2.13 bits per heavy atom. The van der Waals surface area contributed by atoms with Crippen molar-refractivity contribution in [2.75, 3.05) is 12.4 Å². The Balaban J connectivity index is 2.00. The average Bonchev–Trinajstić information content (AvgIpc) is 3.05. The lowest BCUT2D eigenvalue weighted by Crippen LogP contribution is -2.36. The topological polar surface area (TPSA) is 92.7 Å². The van der Waals surface area contributed by atoms with Crippen LogP contribution in [0.3, 0.4) is 0 Å². The fourth-order valence-corrected chi connectivity index (χ4v) is 5.10. The highest BCUT2D eigenvalue weighted by molar-refractivity contribution is 7.17. The van der Waals surface area contributed by atoms with Gasteiger partial charge in [0, 0.05) is 10.4 Å². The molecule has 2 unspecified atom stereocenters. The first-order valence-electron chi connectivity index (χ1n) is 10.1. The lowest BCUT2D eigenvalue weighted by molar-refractivity contribution is -0.146. The Morgan fingerprint density at radius 1 is 1.00 bits per heavy atom. The largest absolute Gasteiger partial charge is 0.481 e. The zero-order valence-electron chi connectivity index (χ0n) is 18.4. The molecule has 2 aromatic rings. The maximum atomic E-state index is 13.2. The number of ether oxygens (including phenoxy) is 1. The van der Waals surface area contributed by atoms with E-state index in [9.17, 15) is 19.5 Å². The van der Waals surface area contributed by atoms with Gasteiger partial charge in [0.25, 0.3) is 0 Å². The number of hydrogen-bond acceptors (Lipinski definition) is 5. The number of allylic oxidation sites excluding steroid dienone is 2. The second-order valence-electron chi connectivity index (χ2n) is 8.10. The van der Waals surface area contributed by atoms with E-state index >= 15 is 0 Å². The van der Waals surface area contributed by atoms with Gasteiger partial charge in [-0.2, -0.15) is 0 Å². The number of thiophene rings is 1. The molecule has 1 aliphatic carbocycles. The van der Waals surface area contributed by atoms with Crippen LogP contribution in [0.1, 0.15) is 47.5 Å². The van der Waals surface area contributed by atoms with Gasteiger partial charge in [-0.15, -0.1) is 11.3 Å². The zero-order valence-corrected chi connectivity index (χ0v) is 19.2. The summed E-state index contributed by atoms with van der Waals surface area (Å²) < 4.78 is 5.01. The van der Waals surface area contributed by atoms with Crippen LogP contribution in [0.25, 0.3) is 11.1 Å². The number of nitrogens with one attached hydrogen (secondary N) is 1. The maximum Gasteiger partial charge on any atom is 0.341 e. The molecule has 1 aliphatic rings. The molecule has 0 fully saturated rings. The van der Waals surface area contributed by atoms with Crippen molar-refractivity contribution in [3.8, 4) is 11.1 Å². The van der Waals surface area contributed by atoms with Crippen molar-refractivity contribution in [3.63, 3.8) is 0 Å². The number of carboxylic acid groups (broad SMARTS) is 1. The van der Waals surface area contributed by atoms with Crippen LogP contribution in [0.2, 0.25) is 0 Å². The van der Waals surface area contributed by atoms with Crippen LogP contribution in [-0.2, 0) is 14.3 Å². The monoisotopic (exact) mass is 441 g/mol. The predicted octanol–water partition coefficient (Wildman–Crippen LogP) is 5.20. The van der Waals surface area contributed by atoms with Gasteiger partial charge < -0.3 is 15.2 Å². The first-order valence-corrected chi connectivity index (χ1v) is 10.9. The first kappa shape index (κ1) is 22.7. The quantitative estimate of drug-likeness (QED) is 0.491. The van der Waals surface area contributed by atoms with Crippen molar-refractivity contribution in [1.29, 1.82) is 0 Å². The van der Waals surface area contributed by atoms with Gasteiger partial charge in [0.1, 0.15) is 10.6 Å². The summed E-state index contributed by atoms with van der Waals surface area (Å²) in [5.41, 5.74) is 5.02. The summed E-state index contributed by atoms with van der Waals surface area (Å²) in [6.07, 6.45) is 0.735. The number of aliphatic carboxylic acids is 1. The molecule has 31 heavy (non-hydrogen) atoms. The van der Waals surface area contributed by atoms with Crippen LogP contribution in [0.4, 0.5) is 5.00 Å². The van der Waals surface area contributed by atoms with E-state index in [0.29, 0.717) is 23.4 Å². The minimum absolute atomic E-state index is 0.299. The zero-order chi connectivity index (χ0) is 22.9. The highest BCUT2D eigenvalue weighted by Gasteiger charge is 2.38. The number of carboxylic acids is 1. The number of methoxy groups -OCH3 is 1. The summed E-state index contributed by atoms with van der Waals surface area (Å²) in [6.45, 7) is 7.71. The molecule has 0 aliphatic heterocycles. The number of carbonyl (C=O) groups excluding carboxylic acids is 2. The van der Waals surface area contributed by atoms with Crippen molar-refractivity contribution in [2.45, 2.75) is 40.5 Å². The lowest BCUT2D eigenvalue weighted by atomic mass is 9.76. The van der Waals surface area contributed by atoms with E-state index in [2.05, 4.69) is 5.32 Å². The predicted molar refractivity (Wildman–Crippen MR) is 121 cm³/mol. The van der Waals surface area contributed by atoms with E-state index in [1.165, 1.54) is 18.4 Å². The Morgan fingerprint density at radius 2 is 1.58 bits per heavy atom. The summed E-state index contributed by atoms with van der Waals surface area (Å²) >= 11 is 1.29. The molecule has 1 aromatic heterocycles. The van der Waals surface area contributed by atoms with Crippen molar-refractivity contribution in [3.05, 3.63) is 51.4 Å². The molecular weight excluding hydrogens is 414 g/mol. The fourth-order valence-electron chi connectivity index (χ4n) is 4.03. The van der Waals surface area contributed by atoms with Crippen molar-refractivity contribution < 1.29 is 24.2 Å². The molecule has 6 nitrogen and oxygen atoms in total. The van der Waals surface area contributed by atoms with Crippen LogP contribution in [0.15, 0.2) is 35.4 Å². The molecule has 3 rings (SSSR count). The summed E-state index contributed by atoms with van der Waals surface area (Å²) in [6, 6.07) is 7.78. The Bertz CT molecular complexity index is 1060. The molecule has 1 amide bonds. The van der Waals surface area contributed by atoms with Crippen LogP contribution < -0.4 is 5.32 Å². The third-order valence-corrected chi connectivity index (χ3v) is 6.99. The van der Waals surface area contributed by atoms with Gasteiger partial charge in [-0.05, 0) is 46.1 Å². The SMILES string of the molecule is COC(=O)c1c(NC(=O)C2CC(C)=C(C)CC2C(=O)O)sc(C)c1-c1ccc(C)cc1. The third-order valence-electron chi connectivity index (χ3n) is 5.97. The summed E-state index contributed by atoms with van der Waals surface area (Å²) in [4.78, 5) is 38.5. The summed E-state index contributed by atoms with van der Waals surface area (Å²) in [5, 5.41) is 12.9. The van der Waals surface area contributed by atoms with Gasteiger partial charge in [-0.3, -0.25) is 9.59 Å². The second kappa shape index (κ2) is 9.06. The highest BCUT2D eigenvalue weighted by atomic mass is 32.1. The molecule has 2 atom stereocenters. The van der Waals surface area contributed by atoms with Gasteiger partial charge >= 0.3 is 11.9 Å². The molecule has 164 valence electrons. The normalized spacial score (nSPS) is 18.6. The number of rotatable bonds is 5. The number of anilines is 1. The molecule has 0 saturated heterocycles. The number of carbonyl (C=O) groups is 3. The number of hydrogen-bond donors (Lipinski definition) is 2. The molecule has 7 heteroatoms. The molecule has 1 aromatic carbocycles. The van der Waals surface area contributed by atoms with Crippen LogP contribution in [0, 0.1) is 25.7 Å². The number of esters is 1. The van der Waals surface area contributed by atoms with Gasteiger partial charge in [-0.1, -0.05) is 41.0 Å². The van der Waals surface area contributed by atoms with Gasteiger partial charge in [0.05, 0.1) is 18.9 Å². The summed E-state index contributed by atoms with van der Waals surface area (Å²) in [5.74, 6) is -3.40. The Hall–Kier alpha value is -2.93. The van der Waals surface area contributed by atoms with E-state index < -0.39 is 23.8 Å². The minimum Gasteiger partial charge on any atom is -0.481 e. The lowest BCUT2D eigenvalue weighted by Gasteiger charge is -2.29. The number of benzene rings is 1. The van der Waals surface area contributed by atoms with E-state index in [-0.39, 0.29) is 5.91 Å². The van der Waals surface area contributed by atoms with Crippen LogP contribution in [0.5, 0.6) is 0 Å². The minimum atomic E-state index is -0.983. The third kappa shape index (κ3) is 4.56. The average molecular weight is 442 g/mol. The summed E-state index contributed by atoms with van der Waals surface area (Å²) in [7, 11) is 1.30. The van der Waals surface area contributed by atoms with Gasteiger partial charge in [0.15, 0.2) is 0 Å². The van der Waals surface area contributed by atoms with Crippen molar-refractivity contribution in [1.82, 2.24) is 0 Å².